The third kappa shape index (κ3) is 3.35. The zero-order valence-electron chi connectivity index (χ0n) is 22.5. The number of hydrogen-bond donors (Lipinski definition) is 1. The van der Waals surface area contributed by atoms with Crippen LogP contribution in [0.1, 0.15) is 99.3 Å². The number of allylic oxidation sites excluding steroid dienone is 1. The molecule has 0 bridgehead atoms. The highest BCUT2D eigenvalue weighted by Gasteiger charge is 2.66. The zero-order valence-corrected chi connectivity index (χ0v) is 22.5. The zero-order chi connectivity index (χ0) is 25.5. The standard InChI is InChI=1S/C30H44O5/c1-16(2)25-22(32)15-30(27(33)34)14-10-21-19(26(25)30)7-8-24-28(5)13-11-23(35-18(4)31)17(3)20(28)9-12-29(21,24)6/h16-17,19-21,23-24H,7-15H2,1-6H3,(H,33,34). The summed E-state index contributed by atoms with van der Waals surface area (Å²) in [7, 11) is 0. The van der Waals surface area contributed by atoms with Gasteiger partial charge in [0, 0.05) is 13.3 Å². The first-order chi connectivity index (χ1) is 16.4. The second kappa shape index (κ2) is 8.18. The maximum atomic E-state index is 13.2. The Morgan fingerprint density at radius 2 is 1.60 bits per heavy atom. The number of rotatable bonds is 3. The van der Waals surface area contributed by atoms with Gasteiger partial charge in [-0.1, -0.05) is 34.6 Å². The molecule has 4 fully saturated rings. The van der Waals surface area contributed by atoms with Crippen LogP contribution >= 0.6 is 0 Å². The molecular formula is C30H44O5. The number of hydrogen-bond acceptors (Lipinski definition) is 4. The number of carbonyl (C=O) groups excluding carboxylic acids is 2. The van der Waals surface area contributed by atoms with Crippen LogP contribution in [0.5, 0.6) is 0 Å². The quantitative estimate of drug-likeness (QED) is 0.482. The van der Waals surface area contributed by atoms with Gasteiger partial charge in [-0.3, -0.25) is 14.4 Å². The van der Waals surface area contributed by atoms with Crippen molar-refractivity contribution >= 4 is 17.7 Å². The largest absolute Gasteiger partial charge is 0.481 e. The van der Waals surface area contributed by atoms with E-state index in [4.69, 9.17) is 4.74 Å². The van der Waals surface area contributed by atoms with Crippen molar-refractivity contribution in [3.8, 4) is 0 Å². The normalized spacial score (nSPS) is 47.0. The smallest absolute Gasteiger partial charge is 0.314 e. The van der Waals surface area contributed by atoms with Gasteiger partial charge < -0.3 is 9.84 Å². The number of ketones is 1. The van der Waals surface area contributed by atoms with Gasteiger partial charge in [0.25, 0.3) is 0 Å². The van der Waals surface area contributed by atoms with Crippen molar-refractivity contribution in [3.05, 3.63) is 11.1 Å². The number of fused-ring (bicyclic) bond motifs is 7. The van der Waals surface area contributed by atoms with Crippen LogP contribution in [-0.2, 0) is 19.1 Å². The molecule has 5 rings (SSSR count). The Morgan fingerprint density at radius 3 is 2.23 bits per heavy atom. The van der Waals surface area contributed by atoms with E-state index in [2.05, 4.69) is 34.6 Å². The average Bonchev–Trinajstić information content (AvgIpc) is 3.09. The van der Waals surface area contributed by atoms with Crippen LogP contribution in [-0.4, -0.2) is 28.9 Å². The number of esters is 1. The van der Waals surface area contributed by atoms with Crippen LogP contribution in [0.15, 0.2) is 11.1 Å². The maximum absolute atomic E-state index is 13.2. The van der Waals surface area contributed by atoms with Crippen molar-refractivity contribution in [2.45, 2.75) is 105 Å². The second-order valence-electron chi connectivity index (χ2n) is 13.6. The molecule has 5 aliphatic rings. The highest BCUT2D eigenvalue weighted by atomic mass is 16.5. The van der Waals surface area contributed by atoms with Crippen LogP contribution in [0.25, 0.3) is 0 Å². The lowest BCUT2D eigenvalue weighted by Crippen LogP contribution is -2.61. The fourth-order valence-electron chi connectivity index (χ4n) is 10.5. The van der Waals surface area contributed by atoms with E-state index in [0.29, 0.717) is 30.1 Å². The summed E-state index contributed by atoms with van der Waals surface area (Å²) in [5, 5.41) is 10.4. The minimum atomic E-state index is -0.960. The molecule has 0 saturated heterocycles. The van der Waals surface area contributed by atoms with E-state index in [9.17, 15) is 19.5 Å². The minimum Gasteiger partial charge on any atom is -0.481 e. The number of aliphatic carboxylic acids is 1. The highest BCUT2D eigenvalue weighted by molar-refractivity contribution is 6.05. The molecule has 4 saturated carbocycles. The highest BCUT2D eigenvalue weighted by Crippen LogP contribution is 2.71. The van der Waals surface area contributed by atoms with Crippen molar-refractivity contribution in [2.75, 3.05) is 0 Å². The first-order valence-corrected chi connectivity index (χ1v) is 14.0. The molecule has 35 heavy (non-hydrogen) atoms. The number of ether oxygens (including phenoxy) is 1. The van der Waals surface area contributed by atoms with E-state index < -0.39 is 11.4 Å². The van der Waals surface area contributed by atoms with Crippen LogP contribution < -0.4 is 0 Å². The fraction of sp³-hybridized carbons (Fsp3) is 0.833. The Balaban J connectivity index is 1.50. The van der Waals surface area contributed by atoms with E-state index in [1.807, 2.05) is 0 Å². The summed E-state index contributed by atoms with van der Waals surface area (Å²) in [6.07, 6.45) is 8.15. The van der Waals surface area contributed by atoms with E-state index >= 15 is 0 Å². The van der Waals surface area contributed by atoms with Gasteiger partial charge in [-0.05, 0) is 109 Å². The monoisotopic (exact) mass is 484 g/mol. The third-order valence-corrected chi connectivity index (χ3v) is 11.8. The molecule has 0 aliphatic heterocycles. The SMILES string of the molecule is CC(=O)OC1CCC2(C)C(CCC3(C)C4CCC5(C(=O)O)CC(=O)C(C(C)C)=C5C4CCC32)C1C. The lowest BCUT2D eigenvalue weighted by Gasteiger charge is -2.67. The molecule has 0 aromatic rings. The first kappa shape index (κ1) is 25.0. The third-order valence-electron chi connectivity index (χ3n) is 11.8. The Hall–Kier alpha value is -1.65. The Morgan fingerprint density at radius 1 is 0.971 bits per heavy atom. The number of Topliss-reactive ketones (excluding diaryl/α,β-unsaturated/α-hetero) is 1. The summed E-state index contributed by atoms with van der Waals surface area (Å²) < 4.78 is 5.74. The van der Waals surface area contributed by atoms with Crippen LogP contribution in [0.3, 0.4) is 0 Å². The van der Waals surface area contributed by atoms with Crippen molar-refractivity contribution in [3.63, 3.8) is 0 Å². The molecule has 0 aromatic carbocycles. The van der Waals surface area contributed by atoms with Crippen LogP contribution in [0.4, 0.5) is 0 Å². The molecule has 0 amide bonds. The summed E-state index contributed by atoms with van der Waals surface area (Å²) in [5.41, 5.74) is 1.29. The molecular weight excluding hydrogens is 440 g/mol. The van der Waals surface area contributed by atoms with Crippen LogP contribution in [0.2, 0.25) is 0 Å². The van der Waals surface area contributed by atoms with E-state index in [-0.39, 0.29) is 46.9 Å². The lowest BCUT2D eigenvalue weighted by atomic mass is 9.38. The fourth-order valence-corrected chi connectivity index (χ4v) is 10.5. The number of carbonyl (C=O) groups is 3. The molecule has 9 unspecified atom stereocenters. The maximum Gasteiger partial charge on any atom is 0.314 e. The number of carboxylic acids is 1. The lowest BCUT2D eigenvalue weighted by molar-refractivity contribution is -0.190. The van der Waals surface area contributed by atoms with E-state index in [0.717, 1.165) is 56.1 Å². The van der Waals surface area contributed by atoms with Crippen molar-refractivity contribution in [1.82, 2.24) is 0 Å². The Labute approximate surface area is 210 Å². The average molecular weight is 485 g/mol. The van der Waals surface area contributed by atoms with Gasteiger partial charge in [0.1, 0.15) is 6.10 Å². The van der Waals surface area contributed by atoms with Crippen molar-refractivity contribution in [2.24, 2.45) is 51.8 Å². The summed E-state index contributed by atoms with van der Waals surface area (Å²) in [5.74, 6) is 1.39. The summed E-state index contributed by atoms with van der Waals surface area (Å²) in [4.78, 5) is 37.5. The van der Waals surface area contributed by atoms with Gasteiger partial charge in [0.2, 0.25) is 0 Å². The molecule has 9 atom stereocenters. The van der Waals surface area contributed by atoms with Gasteiger partial charge in [0.05, 0.1) is 5.41 Å². The molecule has 5 heteroatoms. The van der Waals surface area contributed by atoms with Crippen LogP contribution in [0, 0.1) is 51.8 Å². The molecule has 0 spiro atoms. The first-order valence-electron chi connectivity index (χ1n) is 14.0. The second-order valence-corrected chi connectivity index (χ2v) is 13.6. The molecule has 0 heterocycles. The predicted molar refractivity (Wildman–Crippen MR) is 133 cm³/mol. The molecule has 0 radical (unpaired) electrons. The molecule has 1 N–H and O–H groups in total. The van der Waals surface area contributed by atoms with Crippen molar-refractivity contribution < 1.29 is 24.2 Å². The van der Waals surface area contributed by atoms with Crippen molar-refractivity contribution in [1.29, 1.82) is 0 Å². The molecule has 0 aromatic heterocycles. The van der Waals surface area contributed by atoms with Gasteiger partial charge >= 0.3 is 11.9 Å². The Bertz CT molecular complexity index is 979. The summed E-state index contributed by atoms with van der Waals surface area (Å²) in [6, 6.07) is 0. The molecule has 5 nitrogen and oxygen atoms in total. The number of carboxylic acid groups (broad SMARTS) is 1. The van der Waals surface area contributed by atoms with Gasteiger partial charge in [-0.15, -0.1) is 0 Å². The molecule has 5 aliphatic carbocycles. The summed E-state index contributed by atoms with van der Waals surface area (Å²) in [6.45, 7) is 12.9. The molecule has 194 valence electrons. The topological polar surface area (TPSA) is 80.7 Å². The van der Waals surface area contributed by atoms with E-state index in [1.54, 1.807) is 0 Å². The van der Waals surface area contributed by atoms with Gasteiger partial charge in [-0.25, -0.2) is 0 Å². The van der Waals surface area contributed by atoms with Gasteiger partial charge in [-0.2, -0.15) is 0 Å². The van der Waals surface area contributed by atoms with E-state index in [1.165, 1.54) is 6.92 Å². The van der Waals surface area contributed by atoms with Gasteiger partial charge in [0.15, 0.2) is 5.78 Å². The summed E-state index contributed by atoms with van der Waals surface area (Å²) >= 11 is 0. The minimum absolute atomic E-state index is 0.0281. The Kier molecular flexibility index (Phi) is 5.85. The predicted octanol–water partition coefficient (Wildman–Crippen LogP) is 6.20.